The second-order valence-corrected chi connectivity index (χ2v) is 4.44. The number of anilines is 1. The van der Waals surface area contributed by atoms with Crippen molar-refractivity contribution in [2.24, 2.45) is 0 Å². The van der Waals surface area contributed by atoms with Crippen LogP contribution in [0.1, 0.15) is 10.5 Å². The fraction of sp³-hybridized carbons (Fsp3) is 0. The summed E-state index contributed by atoms with van der Waals surface area (Å²) < 4.78 is 15.2. The number of aromatic nitrogens is 2. The Kier molecular flexibility index (Phi) is 3.47. The highest BCUT2D eigenvalue weighted by atomic mass is 19.1. The average molecular weight is 281 g/mol. The summed E-state index contributed by atoms with van der Waals surface area (Å²) in [6.07, 6.45) is 2.91. The molecule has 3 rings (SSSR count). The smallest absolute Gasteiger partial charge is 0.275 e. The Bertz CT molecular complexity index is 768. The van der Waals surface area contributed by atoms with Crippen LogP contribution in [0.2, 0.25) is 0 Å². The number of rotatable bonds is 3. The van der Waals surface area contributed by atoms with Crippen molar-refractivity contribution in [3.05, 3.63) is 78.6 Å². The first-order valence-electron chi connectivity index (χ1n) is 6.39. The molecule has 1 amide bonds. The summed E-state index contributed by atoms with van der Waals surface area (Å²) in [7, 11) is 0. The van der Waals surface area contributed by atoms with Gasteiger partial charge in [0.15, 0.2) is 0 Å². The number of halogens is 1. The highest BCUT2D eigenvalue weighted by molar-refractivity contribution is 6.02. The van der Waals surface area contributed by atoms with Crippen LogP contribution in [-0.2, 0) is 0 Å². The lowest BCUT2D eigenvalue weighted by atomic mass is 10.3. The summed E-state index contributed by atoms with van der Waals surface area (Å²) in [5.74, 6) is -0.707. The predicted octanol–water partition coefficient (Wildman–Crippen LogP) is 3.26. The number of benzene rings is 2. The molecular formula is C16H12FN3O. The summed E-state index contributed by atoms with van der Waals surface area (Å²) >= 11 is 0. The predicted molar refractivity (Wildman–Crippen MR) is 77.9 cm³/mol. The van der Waals surface area contributed by atoms with Gasteiger partial charge in [-0.25, -0.2) is 9.37 Å². The molecule has 0 saturated carbocycles. The Morgan fingerprint density at radius 2 is 1.76 bits per heavy atom. The van der Waals surface area contributed by atoms with Gasteiger partial charge < -0.3 is 9.88 Å². The maximum Gasteiger partial charge on any atom is 0.275 e. The molecule has 4 nitrogen and oxygen atoms in total. The Morgan fingerprint density at radius 3 is 2.52 bits per heavy atom. The van der Waals surface area contributed by atoms with Crippen LogP contribution < -0.4 is 5.32 Å². The number of amides is 1. The molecule has 0 spiro atoms. The van der Waals surface area contributed by atoms with Crippen molar-refractivity contribution in [3.63, 3.8) is 0 Å². The molecule has 1 N–H and O–H groups in total. The van der Waals surface area contributed by atoms with Crippen LogP contribution in [-0.4, -0.2) is 15.5 Å². The van der Waals surface area contributed by atoms with Crippen molar-refractivity contribution in [3.8, 4) is 5.69 Å². The minimum Gasteiger partial charge on any atom is -0.321 e. The molecule has 5 heteroatoms. The first-order valence-corrected chi connectivity index (χ1v) is 6.39. The van der Waals surface area contributed by atoms with E-state index in [-0.39, 0.29) is 17.4 Å². The molecule has 0 bridgehead atoms. The Morgan fingerprint density at radius 1 is 1.05 bits per heavy atom. The molecule has 21 heavy (non-hydrogen) atoms. The van der Waals surface area contributed by atoms with Gasteiger partial charge in [0.2, 0.25) is 0 Å². The minimum atomic E-state index is -0.370. The highest BCUT2D eigenvalue weighted by Crippen LogP contribution is 2.14. The minimum absolute atomic E-state index is 0.224. The van der Waals surface area contributed by atoms with E-state index in [1.807, 2.05) is 18.2 Å². The van der Waals surface area contributed by atoms with Crippen LogP contribution in [0.15, 0.2) is 67.1 Å². The van der Waals surface area contributed by atoms with Crippen molar-refractivity contribution in [1.82, 2.24) is 9.55 Å². The Labute approximate surface area is 120 Å². The number of nitrogens with zero attached hydrogens (tertiary/aromatic N) is 2. The van der Waals surface area contributed by atoms with Crippen LogP contribution in [0.25, 0.3) is 5.69 Å². The zero-order chi connectivity index (χ0) is 14.7. The average Bonchev–Trinajstić information content (AvgIpc) is 2.98. The summed E-state index contributed by atoms with van der Waals surface area (Å²) in [5, 5.41) is 2.73. The van der Waals surface area contributed by atoms with Gasteiger partial charge in [0.25, 0.3) is 5.91 Å². The zero-order valence-electron chi connectivity index (χ0n) is 11.0. The number of carbonyl (C=O) groups excluding carboxylic acids is 1. The van der Waals surface area contributed by atoms with Gasteiger partial charge in [-0.3, -0.25) is 4.79 Å². The fourth-order valence-electron chi connectivity index (χ4n) is 1.95. The number of hydrogen-bond donors (Lipinski definition) is 1. The van der Waals surface area contributed by atoms with Gasteiger partial charge in [-0.2, -0.15) is 0 Å². The zero-order valence-corrected chi connectivity index (χ0v) is 11.0. The van der Waals surface area contributed by atoms with E-state index in [0.717, 1.165) is 0 Å². The quantitative estimate of drug-likeness (QED) is 0.801. The van der Waals surface area contributed by atoms with Gasteiger partial charge in [0.05, 0.1) is 5.69 Å². The topological polar surface area (TPSA) is 46.9 Å². The maximum absolute atomic E-state index is 13.7. The normalized spacial score (nSPS) is 10.3. The third-order valence-corrected chi connectivity index (χ3v) is 2.98. The first kappa shape index (κ1) is 13.1. The summed E-state index contributed by atoms with van der Waals surface area (Å²) in [6.45, 7) is 0. The summed E-state index contributed by atoms with van der Waals surface area (Å²) in [4.78, 5) is 16.1. The molecule has 104 valence electrons. The molecule has 3 aromatic rings. The highest BCUT2D eigenvalue weighted by Gasteiger charge is 2.11. The van der Waals surface area contributed by atoms with Crippen molar-refractivity contribution in [2.75, 3.05) is 5.32 Å². The molecule has 1 heterocycles. The van der Waals surface area contributed by atoms with E-state index < -0.39 is 0 Å². The van der Waals surface area contributed by atoms with Crippen LogP contribution >= 0.6 is 0 Å². The van der Waals surface area contributed by atoms with Gasteiger partial charge in [0, 0.05) is 11.9 Å². The number of hydrogen-bond acceptors (Lipinski definition) is 2. The summed E-state index contributed by atoms with van der Waals surface area (Å²) in [6, 6.07) is 15.4. The molecule has 0 radical (unpaired) electrons. The van der Waals surface area contributed by atoms with Gasteiger partial charge in [-0.15, -0.1) is 0 Å². The van der Waals surface area contributed by atoms with E-state index in [4.69, 9.17) is 0 Å². The van der Waals surface area contributed by atoms with Crippen molar-refractivity contribution >= 4 is 11.6 Å². The number of imidazole rings is 1. The van der Waals surface area contributed by atoms with Gasteiger partial charge in [-0.1, -0.05) is 30.3 Å². The second kappa shape index (κ2) is 5.58. The lowest BCUT2D eigenvalue weighted by Gasteiger charge is -2.03. The molecular weight excluding hydrogens is 269 g/mol. The number of carbonyl (C=O) groups is 1. The van der Waals surface area contributed by atoms with Crippen LogP contribution in [0.4, 0.5) is 10.1 Å². The molecule has 0 unspecified atom stereocenters. The monoisotopic (exact) mass is 281 g/mol. The van der Waals surface area contributed by atoms with E-state index in [9.17, 15) is 9.18 Å². The Hall–Kier alpha value is -2.95. The van der Waals surface area contributed by atoms with E-state index in [2.05, 4.69) is 10.3 Å². The van der Waals surface area contributed by atoms with Crippen molar-refractivity contribution in [2.45, 2.75) is 0 Å². The largest absolute Gasteiger partial charge is 0.321 e. The van der Waals surface area contributed by atoms with Crippen molar-refractivity contribution in [1.29, 1.82) is 0 Å². The first-order chi connectivity index (χ1) is 10.2. The van der Waals surface area contributed by atoms with Gasteiger partial charge >= 0.3 is 0 Å². The SMILES string of the molecule is O=C(Nc1ccccc1)c1cn(-c2ccccc2F)cn1. The molecule has 1 aromatic heterocycles. The molecule has 0 atom stereocenters. The van der Waals surface area contributed by atoms with E-state index in [1.165, 1.54) is 23.2 Å². The third-order valence-electron chi connectivity index (χ3n) is 2.98. The fourth-order valence-corrected chi connectivity index (χ4v) is 1.95. The number of para-hydroxylation sites is 2. The van der Waals surface area contributed by atoms with E-state index in [0.29, 0.717) is 11.4 Å². The van der Waals surface area contributed by atoms with E-state index in [1.54, 1.807) is 30.3 Å². The molecule has 0 aliphatic carbocycles. The van der Waals surface area contributed by atoms with Crippen LogP contribution in [0.3, 0.4) is 0 Å². The maximum atomic E-state index is 13.7. The van der Waals surface area contributed by atoms with Gasteiger partial charge in [0.1, 0.15) is 17.8 Å². The van der Waals surface area contributed by atoms with Gasteiger partial charge in [-0.05, 0) is 24.3 Å². The standard InChI is InChI=1S/C16H12FN3O/c17-13-8-4-5-9-15(13)20-10-14(18-11-20)16(21)19-12-6-2-1-3-7-12/h1-11H,(H,19,21). The van der Waals surface area contributed by atoms with Crippen LogP contribution in [0.5, 0.6) is 0 Å². The van der Waals surface area contributed by atoms with E-state index >= 15 is 0 Å². The van der Waals surface area contributed by atoms with Crippen molar-refractivity contribution < 1.29 is 9.18 Å². The lowest BCUT2D eigenvalue weighted by molar-refractivity contribution is 0.102. The molecule has 0 fully saturated rings. The Balaban J connectivity index is 1.82. The third kappa shape index (κ3) is 2.81. The lowest BCUT2D eigenvalue weighted by Crippen LogP contribution is -2.12. The summed E-state index contributed by atoms with van der Waals surface area (Å²) in [5.41, 5.74) is 1.26. The van der Waals surface area contributed by atoms with Crippen LogP contribution in [0, 0.1) is 5.82 Å². The second-order valence-electron chi connectivity index (χ2n) is 4.44. The molecule has 0 saturated heterocycles. The molecule has 0 aliphatic rings. The molecule has 2 aromatic carbocycles. The molecule has 0 aliphatic heterocycles. The number of nitrogens with one attached hydrogen (secondary N) is 1.